The van der Waals surface area contributed by atoms with Crippen molar-refractivity contribution in [2.24, 2.45) is 0 Å². The van der Waals surface area contributed by atoms with Crippen molar-refractivity contribution >= 4 is 15.9 Å². The van der Waals surface area contributed by atoms with E-state index >= 15 is 0 Å². The Hall–Kier alpha value is -1.01. The number of rotatable bonds is 1. The Morgan fingerprint density at radius 1 is 1.36 bits per heavy atom. The lowest BCUT2D eigenvalue weighted by atomic mass is 10.1. The monoisotopic (exact) mass is 253 g/mol. The van der Waals surface area contributed by atoms with Gasteiger partial charge in [-0.2, -0.15) is 5.26 Å². The van der Waals surface area contributed by atoms with E-state index < -0.39 is 0 Å². The molecule has 0 bridgehead atoms. The number of benzene rings is 1. The first-order chi connectivity index (χ1) is 6.42. The second-order valence-electron chi connectivity index (χ2n) is 3.97. The Balaban J connectivity index is 3.05. The van der Waals surface area contributed by atoms with Crippen molar-refractivity contribution in [1.82, 2.24) is 0 Å². The van der Waals surface area contributed by atoms with Crippen LogP contribution in [0.25, 0.3) is 0 Å². The molecular formula is C11H12BrNO. The van der Waals surface area contributed by atoms with Gasteiger partial charge in [-0.3, -0.25) is 0 Å². The highest BCUT2D eigenvalue weighted by Gasteiger charge is 2.14. The number of hydrogen-bond donors (Lipinski definition) is 0. The Morgan fingerprint density at radius 2 is 2.00 bits per heavy atom. The summed E-state index contributed by atoms with van der Waals surface area (Å²) in [6, 6.07) is 7.52. The Kier molecular flexibility index (Phi) is 3.17. The number of hydrogen-bond acceptors (Lipinski definition) is 2. The molecule has 0 saturated heterocycles. The molecule has 1 aromatic rings. The van der Waals surface area contributed by atoms with Gasteiger partial charge in [-0.1, -0.05) is 15.9 Å². The highest BCUT2D eigenvalue weighted by atomic mass is 79.9. The lowest BCUT2D eigenvalue weighted by Gasteiger charge is -2.21. The molecule has 1 aromatic carbocycles. The molecule has 0 heterocycles. The van der Waals surface area contributed by atoms with Gasteiger partial charge < -0.3 is 4.74 Å². The molecule has 0 saturated carbocycles. The highest BCUT2D eigenvalue weighted by molar-refractivity contribution is 9.10. The first-order valence-electron chi connectivity index (χ1n) is 4.31. The van der Waals surface area contributed by atoms with Gasteiger partial charge in [0.2, 0.25) is 0 Å². The maximum Gasteiger partial charge on any atom is 0.137 e. The normalized spacial score (nSPS) is 10.8. The molecule has 0 aliphatic rings. The molecule has 1 rings (SSSR count). The van der Waals surface area contributed by atoms with E-state index in [2.05, 4.69) is 22.0 Å². The predicted molar refractivity (Wildman–Crippen MR) is 59.2 cm³/mol. The van der Waals surface area contributed by atoms with E-state index in [0.29, 0.717) is 11.3 Å². The van der Waals surface area contributed by atoms with E-state index in [1.165, 1.54) is 0 Å². The third kappa shape index (κ3) is 3.04. The van der Waals surface area contributed by atoms with Crippen LogP contribution in [0.3, 0.4) is 0 Å². The fourth-order valence-corrected chi connectivity index (χ4v) is 1.37. The molecule has 74 valence electrons. The second kappa shape index (κ2) is 4.02. The minimum Gasteiger partial charge on any atom is -0.487 e. The van der Waals surface area contributed by atoms with Crippen molar-refractivity contribution in [3.05, 3.63) is 28.2 Å². The van der Waals surface area contributed by atoms with Crippen LogP contribution in [0.15, 0.2) is 22.7 Å². The van der Waals surface area contributed by atoms with Gasteiger partial charge in [-0.25, -0.2) is 0 Å². The number of ether oxygens (including phenoxy) is 1. The van der Waals surface area contributed by atoms with Crippen molar-refractivity contribution in [3.8, 4) is 11.8 Å². The summed E-state index contributed by atoms with van der Waals surface area (Å²) < 4.78 is 6.52. The van der Waals surface area contributed by atoms with Crippen LogP contribution < -0.4 is 4.74 Å². The maximum absolute atomic E-state index is 8.89. The standard InChI is InChI=1S/C11H12BrNO/c1-11(2,3)14-10-5-4-9(12)6-8(10)7-13/h4-6H,1-3H3. The van der Waals surface area contributed by atoms with Crippen LogP contribution >= 0.6 is 15.9 Å². The van der Waals surface area contributed by atoms with Gasteiger partial charge in [0.05, 0.1) is 5.56 Å². The molecule has 0 aromatic heterocycles. The van der Waals surface area contributed by atoms with Gasteiger partial charge in [0.15, 0.2) is 0 Å². The van der Waals surface area contributed by atoms with Crippen molar-refractivity contribution in [2.45, 2.75) is 26.4 Å². The molecule has 14 heavy (non-hydrogen) atoms. The van der Waals surface area contributed by atoms with Crippen LogP contribution in [-0.4, -0.2) is 5.60 Å². The Bertz CT molecular complexity index is 374. The van der Waals surface area contributed by atoms with Crippen LogP contribution in [0.1, 0.15) is 26.3 Å². The van der Waals surface area contributed by atoms with Crippen molar-refractivity contribution in [3.63, 3.8) is 0 Å². The van der Waals surface area contributed by atoms with Gasteiger partial charge in [0.25, 0.3) is 0 Å². The van der Waals surface area contributed by atoms with E-state index in [9.17, 15) is 0 Å². The topological polar surface area (TPSA) is 33.0 Å². The summed E-state index contributed by atoms with van der Waals surface area (Å²) >= 11 is 3.31. The zero-order chi connectivity index (χ0) is 10.8. The molecular weight excluding hydrogens is 242 g/mol. The van der Waals surface area contributed by atoms with Gasteiger partial charge in [0, 0.05) is 4.47 Å². The summed E-state index contributed by atoms with van der Waals surface area (Å²) in [7, 11) is 0. The minimum absolute atomic E-state index is 0.278. The number of nitriles is 1. The van der Waals surface area contributed by atoms with Crippen LogP contribution in [0, 0.1) is 11.3 Å². The molecule has 3 heteroatoms. The smallest absolute Gasteiger partial charge is 0.137 e. The van der Waals surface area contributed by atoms with E-state index in [1.807, 2.05) is 26.8 Å². The van der Waals surface area contributed by atoms with Crippen molar-refractivity contribution < 1.29 is 4.74 Å². The third-order valence-electron chi connectivity index (χ3n) is 1.48. The molecule has 0 spiro atoms. The van der Waals surface area contributed by atoms with E-state index in [-0.39, 0.29) is 5.60 Å². The summed E-state index contributed by atoms with van der Waals surface area (Å²) in [4.78, 5) is 0. The third-order valence-corrected chi connectivity index (χ3v) is 1.97. The fraction of sp³-hybridized carbons (Fsp3) is 0.364. The average Bonchev–Trinajstić information content (AvgIpc) is 2.06. The van der Waals surface area contributed by atoms with Crippen LogP contribution in [0.4, 0.5) is 0 Å². The lowest BCUT2D eigenvalue weighted by molar-refractivity contribution is 0.130. The molecule has 0 amide bonds. The number of halogens is 1. The van der Waals surface area contributed by atoms with Crippen molar-refractivity contribution in [2.75, 3.05) is 0 Å². The van der Waals surface area contributed by atoms with Gasteiger partial charge in [-0.15, -0.1) is 0 Å². The summed E-state index contributed by atoms with van der Waals surface area (Å²) in [5, 5.41) is 8.89. The predicted octanol–water partition coefficient (Wildman–Crippen LogP) is 3.50. The quantitative estimate of drug-likeness (QED) is 0.768. The molecule has 0 aliphatic heterocycles. The zero-order valence-electron chi connectivity index (χ0n) is 8.47. The molecule has 2 nitrogen and oxygen atoms in total. The zero-order valence-corrected chi connectivity index (χ0v) is 10.1. The van der Waals surface area contributed by atoms with Gasteiger partial charge in [-0.05, 0) is 39.0 Å². The summed E-state index contributed by atoms with van der Waals surface area (Å²) in [6.07, 6.45) is 0. The van der Waals surface area contributed by atoms with Crippen molar-refractivity contribution in [1.29, 1.82) is 5.26 Å². The first-order valence-corrected chi connectivity index (χ1v) is 5.10. The molecule has 0 atom stereocenters. The highest BCUT2D eigenvalue weighted by Crippen LogP contribution is 2.25. The SMILES string of the molecule is CC(C)(C)Oc1ccc(Br)cc1C#N. The Morgan fingerprint density at radius 3 is 2.50 bits per heavy atom. The Labute approximate surface area is 92.6 Å². The molecule has 0 aliphatic carbocycles. The lowest BCUT2D eigenvalue weighted by Crippen LogP contribution is -2.23. The van der Waals surface area contributed by atoms with E-state index in [1.54, 1.807) is 12.1 Å². The molecule has 0 unspecified atom stereocenters. The van der Waals surface area contributed by atoms with Gasteiger partial charge in [0.1, 0.15) is 17.4 Å². The fourth-order valence-electron chi connectivity index (χ4n) is 1.01. The van der Waals surface area contributed by atoms with E-state index in [4.69, 9.17) is 10.00 Å². The van der Waals surface area contributed by atoms with Crippen LogP contribution in [-0.2, 0) is 0 Å². The summed E-state index contributed by atoms with van der Waals surface area (Å²) in [5.74, 6) is 0.628. The summed E-state index contributed by atoms with van der Waals surface area (Å²) in [5.41, 5.74) is 0.272. The van der Waals surface area contributed by atoms with Crippen LogP contribution in [0.5, 0.6) is 5.75 Å². The maximum atomic E-state index is 8.89. The number of nitrogens with zero attached hydrogens (tertiary/aromatic N) is 1. The molecule has 0 radical (unpaired) electrons. The minimum atomic E-state index is -0.278. The summed E-state index contributed by atoms with van der Waals surface area (Å²) in [6.45, 7) is 5.86. The molecule has 0 N–H and O–H groups in total. The van der Waals surface area contributed by atoms with Gasteiger partial charge >= 0.3 is 0 Å². The largest absolute Gasteiger partial charge is 0.487 e. The molecule has 0 fully saturated rings. The van der Waals surface area contributed by atoms with Crippen LogP contribution in [0.2, 0.25) is 0 Å². The van der Waals surface area contributed by atoms with E-state index in [0.717, 1.165) is 4.47 Å². The second-order valence-corrected chi connectivity index (χ2v) is 4.88. The first kappa shape index (κ1) is 11.1. The average molecular weight is 254 g/mol.